The molecule has 10 heterocycles. The van der Waals surface area contributed by atoms with Crippen LogP contribution < -0.4 is 0 Å². The predicted octanol–water partition coefficient (Wildman–Crippen LogP) is 13.0. The molecule has 0 spiro atoms. The first kappa shape index (κ1) is 35.4. The Labute approximate surface area is 311 Å². The zero-order valence-corrected chi connectivity index (χ0v) is 32.4. The summed E-state index contributed by atoms with van der Waals surface area (Å²) >= 11 is 8.51. The van der Waals surface area contributed by atoms with Crippen LogP contribution in [-0.4, -0.2) is 24.9 Å². The van der Waals surface area contributed by atoms with Crippen molar-refractivity contribution in [3.05, 3.63) is 146 Å². The van der Waals surface area contributed by atoms with Crippen molar-refractivity contribution in [2.75, 3.05) is 0 Å². The smallest absolute Gasteiger partial charge is 0.123 e. The third-order valence-electron chi connectivity index (χ3n) is 7.45. The van der Waals surface area contributed by atoms with E-state index in [-0.39, 0.29) is 0 Å². The molecule has 10 aromatic heterocycles. The average molecular weight is 746 g/mol. The van der Waals surface area contributed by atoms with E-state index < -0.39 is 0 Å². The number of rotatable bonds is 0. The van der Waals surface area contributed by atoms with Crippen molar-refractivity contribution in [1.29, 1.82) is 0 Å². The van der Waals surface area contributed by atoms with E-state index in [0.717, 1.165) is 29.8 Å². The number of nitrogens with zero attached hydrogens (tertiary/aromatic N) is 5. The van der Waals surface area contributed by atoms with Gasteiger partial charge in [-0.15, -0.1) is 56.7 Å². The van der Waals surface area contributed by atoms with Crippen LogP contribution in [0.2, 0.25) is 0 Å². The van der Waals surface area contributed by atoms with Gasteiger partial charge in [0.2, 0.25) is 0 Å². The van der Waals surface area contributed by atoms with E-state index in [1.54, 1.807) is 56.7 Å². The van der Waals surface area contributed by atoms with Crippen molar-refractivity contribution in [2.24, 2.45) is 0 Å². The van der Waals surface area contributed by atoms with Crippen molar-refractivity contribution in [1.82, 2.24) is 24.9 Å². The molecule has 0 aliphatic carbocycles. The number of aryl methyl sites for hydroxylation is 5. The summed E-state index contributed by atoms with van der Waals surface area (Å²) < 4.78 is 0. The van der Waals surface area contributed by atoms with Crippen molar-refractivity contribution in [3.63, 3.8) is 0 Å². The first-order valence-electron chi connectivity index (χ1n) is 15.8. The molecule has 0 atom stereocenters. The topological polar surface area (TPSA) is 64.5 Å². The minimum absolute atomic E-state index is 1.09. The van der Waals surface area contributed by atoms with Crippen LogP contribution in [0.1, 0.15) is 27.3 Å². The van der Waals surface area contributed by atoms with E-state index >= 15 is 0 Å². The summed E-state index contributed by atoms with van der Waals surface area (Å²) in [4.78, 5) is 28.3. The lowest BCUT2D eigenvalue weighted by atomic mass is 10.2. The molecule has 0 unspecified atom stereocenters. The van der Waals surface area contributed by atoms with E-state index in [2.05, 4.69) is 123 Å². The number of thiophene rings is 5. The third kappa shape index (κ3) is 9.21. The second kappa shape index (κ2) is 17.0. The van der Waals surface area contributed by atoms with E-state index in [9.17, 15) is 0 Å². The first-order chi connectivity index (χ1) is 24.3. The fourth-order valence-corrected chi connectivity index (χ4v) is 8.99. The van der Waals surface area contributed by atoms with Gasteiger partial charge >= 0.3 is 0 Å². The number of hydrogen-bond acceptors (Lipinski definition) is 10. The summed E-state index contributed by atoms with van der Waals surface area (Å²) in [6.45, 7) is 10.4. The van der Waals surface area contributed by atoms with Gasteiger partial charge in [0.25, 0.3) is 0 Å². The van der Waals surface area contributed by atoms with E-state index in [0.29, 0.717) is 0 Å². The molecular weight excluding hydrogens is 711 g/mol. The maximum Gasteiger partial charge on any atom is 0.123 e. The summed E-state index contributed by atoms with van der Waals surface area (Å²) in [6, 6.07) is 24.9. The third-order valence-corrected chi connectivity index (χ3v) is 11.9. The highest BCUT2D eigenvalue weighted by molar-refractivity contribution is 7.18. The van der Waals surface area contributed by atoms with Gasteiger partial charge in [-0.2, -0.15) is 0 Å². The fourth-order valence-electron chi connectivity index (χ4n) is 4.91. The lowest BCUT2D eigenvalue weighted by Gasteiger charge is -1.90. The summed E-state index contributed by atoms with van der Waals surface area (Å²) in [6.07, 6.45) is 7.42. The van der Waals surface area contributed by atoms with Gasteiger partial charge in [-0.3, -0.25) is 0 Å². The molecule has 0 amide bonds. The maximum atomic E-state index is 4.35. The highest BCUT2D eigenvalue weighted by Crippen LogP contribution is 2.23. The molecule has 0 radical (unpaired) electrons. The van der Waals surface area contributed by atoms with Gasteiger partial charge in [0.1, 0.15) is 24.2 Å². The van der Waals surface area contributed by atoms with Gasteiger partial charge in [0.15, 0.2) is 0 Å². The van der Waals surface area contributed by atoms with Gasteiger partial charge in [0.05, 0.1) is 0 Å². The van der Waals surface area contributed by atoms with Crippen LogP contribution in [0.4, 0.5) is 0 Å². The monoisotopic (exact) mass is 745 g/mol. The lowest BCUT2D eigenvalue weighted by molar-refractivity contribution is 1.27. The Morgan fingerprint density at radius 3 is 1.94 bits per heavy atom. The molecule has 10 heteroatoms. The van der Waals surface area contributed by atoms with Gasteiger partial charge < -0.3 is 0 Å². The number of pyridine rings is 5. The Balaban J connectivity index is 0.000000108. The molecule has 0 aliphatic heterocycles. The Hall–Kier alpha value is -4.45. The van der Waals surface area contributed by atoms with Crippen LogP contribution in [0.25, 0.3) is 51.1 Å². The number of hydrogen-bond donors (Lipinski definition) is 0. The molecule has 250 valence electrons. The normalized spacial score (nSPS) is 10.5. The van der Waals surface area contributed by atoms with Crippen LogP contribution in [0, 0.1) is 34.6 Å². The van der Waals surface area contributed by atoms with E-state index in [4.69, 9.17) is 0 Å². The standard InChI is InChI=1S/5C8H7NS/c1-6-2-4-9-8-7(6)3-5-10-8;1-6-4-7-2-3-10-8(7)9-5-6;1-6-2-3-7-4-5-10-8(7)9-6;1-6-5-10-8-7(6)3-2-4-9-8;1-6-5-7-3-2-4-9-8(7)10-6/h5*2-5H,1H3. The minimum atomic E-state index is 1.09. The first-order valence-corrected chi connectivity index (χ1v) is 20.2. The Morgan fingerprint density at radius 1 is 0.480 bits per heavy atom. The molecular formula is C40H35N5S5. The summed E-state index contributed by atoms with van der Waals surface area (Å²) in [5.74, 6) is 0. The zero-order valence-electron chi connectivity index (χ0n) is 28.3. The Morgan fingerprint density at radius 2 is 1.14 bits per heavy atom. The molecule has 10 aromatic rings. The van der Waals surface area contributed by atoms with Crippen LogP contribution in [0.15, 0.2) is 119 Å². The van der Waals surface area contributed by atoms with Crippen LogP contribution in [-0.2, 0) is 0 Å². The van der Waals surface area contributed by atoms with Crippen LogP contribution in [0.5, 0.6) is 0 Å². The summed E-state index contributed by atoms with van der Waals surface area (Å²) in [5, 5.41) is 14.7. The lowest BCUT2D eigenvalue weighted by Crippen LogP contribution is -1.75. The van der Waals surface area contributed by atoms with Crippen LogP contribution >= 0.6 is 56.7 Å². The molecule has 10 rings (SSSR count). The Kier molecular flexibility index (Phi) is 12.0. The second-order valence-electron chi connectivity index (χ2n) is 11.4. The molecule has 0 bridgehead atoms. The molecule has 5 nitrogen and oxygen atoms in total. The molecule has 0 saturated carbocycles. The molecule has 0 aliphatic rings. The Bertz CT molecular complexity index is 2470. The SMILES string of the molecule is Cc1cc2cccnc2s1.Cc1ccc2ccsc2n1.Cc1ccnc2sccc12.Cc1cnc2sccc2c1.Cc1csc2ncccc12. The van der Waals surface area contributed by atoms with Gasteiger partial charge in [-0.25, -0.2) is 24.9 Å². The quantitative estimate of drug-likeness (QED) is 0.155. The highest BCUT2D eigenvalue weighted by Gasteiger charge is 1.99. The van der Waals surface area contributed by atoms with Gasteiger partial charge in [-0.1, -0.05) is 18.2 Å². The van der Waals surface area contributed by atoms with Crippen molar-refractivity contribution in [2.45, 2.75) is 34.6 Å². The number of aromatic nitrogens is 5. The zero-order chi connectivity index (χ0) is 34.9. The molecule has 50 heavy (non-hydrogen) atoms. The highest BCUT2D eigenvalue weighted by atomic mass is 32.1. The molecule has 0 saturated heterocycles. The minimum Gasteiger partial charge on any atom is -0.245 e. The molecule has 0 fully saturated rings. The van der Waals surface area contributed by atoms with Crippen molar-refractivity contribution < 1.29 is 0 Å². The van der Waals surface area contributed by atoms with Crippen molar-refractivity contribution in [3.8, 4) is 0 Å². The maximum absolute atomic E-state index is 4.35. The van der Waals surface area contributed by atoms with E-state index in [1.807, 2.05) is 56.0 Å². The summed E-state index contributed by atoms with van der Waals surface area (Å²) in [5.41, 5.74) is 4.96. The predicted molar refractivity (Wildman–Crippen MR) is 222 cm³/mol. The van der Waals surface area contributed by atoms with Gasteiger partial charge in [0, 0.05) is 62.3 Å². The second-order valence-corrected chi connectivity index (χ2v) is 16.2. The fraction of sp³-hybridized carbons (Fsp3) is 0.125. The van der Waals surface area contributed by atoms with Gasteiger partial charge in [-0.05, 0) is 127 Å². The van der Waals surface area contributed by atoms with Crippen LogP contribution in [0.3, 0.4) is 0 Å². The molecule has 0 N–H and O–H groups in total. The number of fused-ring (bicyclic) bond motifs is 5. The summed E-state index contributed by atoms with van der Waals surface area (Å²) in [7, 11) is 0. The van der Waals surface area contributed by atoms with E-state index in [1.165, 1.54) is 48.5 Å². The largest absolute Gasteiger partial charge is 0.245 e. The molecule has 0 aromatic carbocycles. The average Bonchev–Trinajstić information content (AvgIpc) is 3.97. The van der Waals surface area contributed by atoms with Crippen molar-refractivity contribution >= 4 is 108 Å².